The van der Waals surface area contributed by atoms with Gasteiger partial charge in [-0.1, -0.05) is 72.8 Å². The Hall–Kier alpha value is -4.26. The van der Waals surface area contributed by atoms with Crippen molar-refractivity contribution in [2.45, 2.75) is 17.3 Å². The number of hydrogen-bond donors (Lipinski definition) is 2. The average Bonchev–Trinajstić information content (AvgIpc) is 3.35. The van der Waals surface area contributed by atoms with Gasteiger partial charge < -0.3 is 29.2 Å². The molecule has 1 heterocycles. The monoisotopic (exact) mass is 508 g/mol. The van der Waals surface area contributed by atoms with E-state index in [1.165, 1.54) is 7.11 Å². The van der Waals surface area contributed by atoms with Crippen LogP contribution in [0.2, 0.25) is 0 Å². The van der Waals surface area contributed by atoms with Gasteiger partial charge >= 0.3 is 0 Å². The second kappa shape index (κ2) is 8.94. The number of fused-ring (bicyclic) bond motifs is 3. The van der Waals surface area contributed by atoms with Gasteiger partial charge in [0.25, 0.3) is 0 Å². The van der Waals surface area contributed by atoms with Crippen molar-refractivity contribution in [1.82, 2.24) is 0 Å². The SMILES string of the molecule is COc1ccc([C@@]23Oc4cc(OC)cc(OC)c4[C@]2(O)[C@H](O)C(c2ccccc2)=C3c2ccccc2)cc1. The standard InChI is InChI=1S/C32H28O6/c1-35-23-16-14-22(15-17-23)32-28(21-12-8-5-9-13-21)27(20-10-6-4-7-11-20)30(33)31(32,34)29-25(37-3)18-24(36-2)19-26(29)38-32/h4-19,30,33-34H,1-3H3/t30-,31+,32+/m1/s1. The van der Waals surface area contributed by atoms with Gasteiger partial charge in [0.2, 0.25) is 0 Å². The van der Waals surface area contributed by atoms with Crippen LogP contribution in [-0.2, 0) is 11.2 Å². The Kier molecular flexibility index (Phi) is 5.67. The molecule has 0 aromatic heterocycles. The van der Waals surface area contributed by atoms with Crippen molar-refractivity contribution >= 4 is 11.1 Å². The molecule has 0 radical (unpaired) electrons. The predicted octanol–water partition coefficient (Wildman–Crippen LogP) is 5.17. The molecule has 0 bridgehead atoms. The Morgan fingerprint density at radius 3 is 1.89 bits per heavy atom. The molecular weight excluding hydrogens is 480 g/mol. The van der Waals surface area contributed by atoms with Gasteiger partial charge in [-0.25, -0.2) is 0 Å². The average molecular weight is 509 g/mol. The van der Waals surface area contributed by atoms with Gasteiger partial charge in [0.05, 0.1) is 26.9 Å². The molecule has 2 aliphatic rings. The van der Waals surface area contributed by atoms with E-state index in [0.29, 0.717) is 45.3 Å². The first-order valence-corrected chi connectivity index (χ1v) is 12.4. The van der Waals surface area contributed by atoms with Crippen molar-refractivity contribution in [3.05, 3.63) is 119 Å². The van der Waals surface area contributed by atoms with Gasteiger partial charge in [-0.05, 0) is 28.8 Å². The van der Waals surface area contributed by atoms with Crippen molar-refractivity contribution < 1.29 is 29.2 Å². The molecule has 2 N–H and O–H groups in total. The highest BCUT2D eigenvalue weighted by Crippen LogP contribution is 2.69. The van der Waals surface area contributed by atoms with E-state index in [4.69, 9.17) is 18.9 Å². The zero-order chi connectivity index (χ0) is 26.5. The van der Waals surface area contributed by atoms with Crippen LogP contribution in [0.4, 0.5) is 0 Å². The maximum atomic E-state index is 13.0. The Bertz CT molecular complexity index is 1510. The van der Waals surface area contributed by atoms with Crippen molar-refractivity contribution in [1.29, 1.82) is 0 Å². The van der Waals surface area contributed by atoms with Crippen LogP contribution in [0.3, 0.4) is 0 Å². The quantitative estimate of drug-likeness (QED) is 0.374. The second-order valence-corrected chi connectivity index (χ2v) is 9.40. The number of benzene rings is 4. The van der Waals surface area contributed by atoms with Crippen molar-refractivity contribution in [2.24, 2.45) is 0 Å². The van der Waals surface area contributed by atoms with E-state index < -0.39 is 17.3 Å². The Balaban J connectivity index is 1.75. The summed E-state index contributed by atoms with van der Waals surface area (Å²) < 4.78 is 23.6. The van der Waals surface area contributed by atoms with Crippen LogP contribution in [0, 0.1) is 0 Å². The van der Waals surface area contributed by atoms with Crippen molar-refractivity contribution in [2.75, 3.05) is 21.3 Å². The van der Waals surface area contributed by atoms with E-state index in [1.54, 1.807) is 26.4 Å². The lowest BCUT2D eigenvalue weighted by Gasteiger charge is -2.39. The molecule has 0 saturated heterocycles. The minimum atomic E-state index is -1.94. The summed E-state index contributed by atoms with van der Waals surface area (Å²) >= 11 is 0. The highest BCUT2D eigenvalue weighted by Gasteiger charge is 2.72. The van der Waals surface area contributed by atoms with E-state index >= 15 is 0 Å². The van der Waals surface area contributed by atoms with Crippen LogP contribution in [0.25, 0.3) is 11.1 Å². The summed E-state index contributed by atoms with van der Waals surface area (Å²) in [5.74, 6) is 1.91. The lowest BCUT2D eigenvalue weighted by Crippen LogP contribution is -2.52. The maximum Gasteiger partial charge on any atom is 0.196 e. The van der Waals surface area contributed by atoms with Gasteiger partial charge in [0.1, 0.15) is 29.1 Å². The van der Waals surface area contributed by atoms with Crippen molar-refractivity contribution in [3.63, 3.8) is 0 Å². The molecule has 6 nitrogen and oxygen atoms in total. The molecule has 6 rings (SSSR count). The molecule has 38 heavy (non-hydrogen) atoms. The molecule has 1 aliphatic carbocycles. The smallest absolute Gasteiger partial charge is 0.196 e. The van der Waals surface area contributed by atoms with Gasteiger partial charge in [0, 0.05) is 23.3 Å². The van der Waals surface area contributed by atoms with Crippen LogP contribution in [0.15, 0.2) is 97.1 Å². The molecule has 6 heteroatoms. The molecule has 3 atom stereocenters. The lowest BCUT2D eigenvalue weighted by molar-refractivity contribution is -0.128. The zero-order valence-electron chi connectivity index (χ0n) is 21.3. The van der Waals surface area contributed by atoms with Gasteiger partial charge in [-0.15, -0.1) is 0 Å². The van der Waals surface area contributed by atoms with E-state index in [-0.39, 0.29) is 0 Å². The van der Waals surface area contributed by atoms with Crippen LogP contribution >= 0.6 is 0 Å². The maximum absolute atomic E-state index is 13.0. The Morgan fingerprint density at radius 1 is 0.711 bits per heavy atom. The highest BCUT2D eigenvalue weighted by molar-refractivity contribution is 6.02. The topological polar surface area (TPSA) is 77.4 Å². The number of rotatable bonds is 6. The minimum Gasteiger partial charge on any atom is -0.497 e. The van der Waals surface area contributed by atoms with E-state index in [0.717, 1.165) is 11.1 Å². The Morgan fingerprint density at radius 2 is 1.32 bits per heavy atom. The highest BCUT2D eigenvalue weighted by atomic mass is 16.5. The summed E-state index contributed by atoms with van der Waals surface area (Å²) in [7, 11) is 4.68. The van der Waals surface area contributed by atoms with Crippen LogP contribution in [-0.4, -0.2) is 37.6 Å². The first-order valence-electron chi connectivity index (χ1n) is 12.4. The molecular formula is C32H28O6. The molecule has 4 aromatic rings. The van der Waals surface area contributed by atoms with Crippen LogP contribution in [0.1, 0.15) is 22.3 Å². The summed E-state index contributed by atoms with van der Waals surface area (Å²) in [4.78, 5) is 0. The fraction of sp³-hybridized carbons (Fsp3) is 0.188. The second-order valence-electron chi connectivity index (χ2n) is 9.40. The molecule has 4 aromatic carbocycles. The van der Waals surface area contributed by atoms with E-state index in [1.807, 2.05) is 84.9 Å². The molecule has 0 fully saturated rings. The van der Waals surface area contributed by atoms with Gasteiger partial charge in [-0.2, -0.15) is 0 Å². The summed E-state index contributed by atoms with van der Waals surface area (Å²) in [6, 6.07) is 30.1. The third-order valence-electron chi connectivity index (χ3n) is 7.61. The summed E-state index contributed by atoms with van der Waals surface area (Å²) in [5, 5.41) is 25.2. The largest absolute Gasteiger partial charge is 0.497 e. The predicted molar refractivity (Wildman–Crippen MR) is 144 cm³/mol. The number of methoxy groups -OCH3 is 3. The third kappa shape index (κ3) is 3.14. The summed E-state index contributed by atoms with van der Waals surface area (Å²) in [6.45, 7) is 0. The minimum absolute atomic E-state index is 0.359. The number of aliphatic hydroxyl groups is 2. The Labute approximate surface area is 221 Å². The first-order chi connectivity index (χ1) is 18.5. The lowest BCUT2D eigenvalue weighted by atomic mass is 9.72. The molecule has 0 unspecified atom stereocenters. The number of hydrogen-bond acceptors (Lipinski definition) is 6. The molecule has 1 aliphatic heterocycles. The molecule has 0 spiro atoms. The van der Waals surface area contributed by atoms with Gasteiger partial charge in [-0.3, -0.25) is 0 Å². The van der Waals surface area contributed by atoms with Crippen molar-refractivity contribution in [3.8, 4) is 23.0 Å². The first kappa shape index (κ1) is 24.1. The normalized spacial score (nSPS) is 23.4. The number of aliphatic hydroxyl groups excluding tert-OH is 1. The van der Waals surface area contributed by atoms with E-state index in [9.17, 15) is 10.2 Å². The zero-order valence-corrected chi connectivity index (χ0v) is 21.3. The molecule has 192 valence electrons. The summed E-state index contributed by atoms with van der Waals surface area (Å²) in [6.07, 6.45) is -1.36. The van der Waals surface area contributed by atoms with Crippen LogP contribution in [0.5, 0.6) is 23.0 Å². The molecule has 0 saturated carbocycles. The summed E-state index contributed by atoms with van der Waals surface area (Å²) in [5.41, 5.74) is 0.409. The number of ether oxygens (including phenoxy) is 4. The van der Waals surface area contributed by atoms with Crippen LogP contribution < -0.4 is 18.9 Å². The fourth-order valence-corrected chi connectivity index (χ4v) is 5.96. The van der Waals surface area contributed by atoms with Gasteiger partial charge in [0.15, 0.2) is 11.2 Å². The molecule has 0 amide bonds. The van der Waals surface area contributed by atoms with E-state index in [2.05, 4.69) is 0 Å². The fourth-order valence-electron chi connectivity index (χ4n) is 5.96. The third-order valence-corrected chi connectivity index (χ3v) is 7.61.